The Morgan fingerprint density at radius 3 is 2.84 bits per heavy atom. The van der Waals surface area contributed by atoms with Crippen LogP contribution in [0.2, 0.25) is 5.02 Å². The summed E-state index contributed by atoms with van der Waals surface area (Å²) in [5.74, 6) is -0.770. The molecule has 0 atom stereocenters. The summed E-state index contributed by atoms with van der Waals surface area (Å²) in [6.45, 7) is 0. The maximum Gasteiger partial charge on any atom is 0.152 e. The standard InChI is InChI=1S/C17H11ClFN5O/c1-24-9-10(8-22-24)16-17(25)12(4-5-21-16)15(7-20)23-11-2-3-14(19)13(18)6-11/h2-6,8-9,25H,1H3/b23-15+. The first-order valence-electron chi connectivity index (χ1n) is 7.11. The van der Waals surface area contributed by atoms with Crippen LogP contribution in [0.15, 0.2) is 47.8 Å². The monoisotopic (exact) mass is 355 g/mol. The summed E-state index contributed by atoms with van der Waals surface area (Å²) in [4.78, 5) is 8.28. The third kappa shape index (κ3) is 3.34. The molecule has 2 aromatic heterocycles. The lowest BCUT2D eigenvalue weighted by Gasteiger charge is -2.06. The van der Waals surface area contributed by atoms with Crippen molar-refractivity contribution < 1.29 is 9.50 Å². The van der Waals surface area contributed by atoms with Crippen molar-refractivity contribution in [2.45, 2.75) is 0 Å². The average Bonchev–Trinajstić information content (AvgIpc) is 3.02. The first-order chi connectivity index (χ1) is 12.0. The molecule has 25 heavy (non-hydrogen) atoms. The molecular weight excluding hydrogens is 345 g/mol. The number of nitriles is 1. The Morgan fingerprint density at radius 2 is 2.20 bits per heavy atom. The maximum absolute atomic E-state index is 13.2. The van der Waals surface area contributed by atoms with Crippen molar-refractivity contribution in [3.05, 3.63) is 59.3 Å². The Labute approximate surface area is 147 Å². The minimum Gasteiger partial charge on any atom is -0.505 e. The topological polar surface area (TPSA) is 87.1 Å². The van der Waals surface area contributed by atoms with Gasteiger partial charge >= 0.3 is 0 Å². The normalized spacial score (nSPS) is 11.4. The highest BCUT2D eigenvalue weighted by atomic mass is 35.5. The predicted octanol–water partition coefficient (Wildman–Crippen LogP) is 3.62. The first-order valence-corrected chi connectivity index (χ1v) is 7.48. The second-order valence-electron chi connectivity index (χ2n) is 5.13. The van der Waals surface area contributed by atoms with Gasteiger partial charge in [0.05, 0.1) is 22.5 Å². The highest BCUT2D eigenvalue weighted by molar-refractivity contribution is 6.31. The molecule has 0 unspecified atom stereocenters. The van der Waals surface area contributed by atoms with E-state index in [2.05, 4.69) is 15.1 Å². The SMILES string of the molecule is Cn1cc(-c2nccc(/C(C#N)=N/c3ccc(F)c(Cl)c3)c2O)cn1. The molecule has 0 aliphatic heterocycles. The first kappa shape index (κ1) is 16.6. The number of aromatic nitrogens is 3. The van der Waals surface area contributed by atoms with Crippen molar-refractivity contribution in [3.8, 4) is 23.1 Å². The Hall–Kier alpha value is -3.24. The molecule has 0 saturated heterocycles. The summed E-state index contributed by atoms with van der Waals surface area (Å²) in [7, 11) is 1.74. The van der Waals surface area contributed by atoms with E-state index in [1.54, 1.807) is 24.1 Å². The van der Waals surface area contributed by atoms with Crippen LogP contribution in [0.5, 0.6) is 5.75 Å². The number of nitrogens with zero attached hydrogens (tertiary/aromatic N) is 5. The zero-order chi connectivity index (χ0) is 18.0. The van der Waals surface area contributed by atoms with Gasteiger partial charge in [-0.15, -0.1) is 0 Å². The number of aliphatic imine (C=N–C) groups is 1. The molecule has 0 saturated carbocycles. The van der Waals surface area contributed by atoms with Crippen LogP contribution in [-0.4, -0.2) is 25.6 Å². The zero-order valence-corrected chi connectivity index (χ0v) is 13.7. The molecule has 3 rings (SSSR count). The van der Waals surface area contributed by atoms with Crippen LogP contribution >= 0.6 is 11.6 Å². The van der Waals surface area contributed by atoms with E-state index in [9.17, 15) is 14.8 Å². The fourth-order valence-electron chi connectivity index (χ4n) is 2.23. The number of pyridine rings is 1. The van der Waals surface area contributed by atoms with Crippen LogP contribution in [0.25, 0.3) is 11.3 Å². The van der Waals surface area contributed by atoms with Gasteiger partial charge in [0.2, 0.25) is 0 Å². The summed E-state index contributed by atoms with van der Waals surface area (Å²) >= 11 is 5.73. The van der Waals surface area contributed by atoms with Crippen molar-refractivity contribution >= 4 is 23.0 Å². The Bertz CT molecular complexity index is 1020. The van der Waals surface area contributed by atoms with E-state index in [0.29, 0.717) is 11.3 Å². The van der Waals surface area contributed by atoms with Crippen molar-refractivity contribution in [2.75, 3.05) is 0 Å². The van der Waals surface area contributed by atoms with Crippen LogP contribution < -0.4 is 0 Å². The Balaban J connectivity index is 2.09. The van der Waals surface area contributed by atoms with Gasteiger partial charge in [-0.25, -0.2) is 9.38 Å². The highest BCUT2D eigenvalue weighted by Gasteiger charge is 2.16. The van der Waals surface area contributed by atoms with E-state index in [-0.39, 0.29) is 27.7 Å². The van der Waals surface area contributed by atoms with Gasteiger partial charge < -0.3 is 5.11 Å². The molecule has 2 heterocycles. The molecule has 3 aromatic rings. The molecule has 6 nitrogen and oxygen atoms in total. The van der Waals surface area contributed by atoms with Gasteiger partial charge in [-0.05, 0) is 24.3 Å². The summed E-state index contributed by atoms with van der Waals surface area (Å²) < 4.78 is 14.8. The number of aromatic hydroxyl groups is 1. The molecule has 0 radical (unpaired) electrons. The fourth-order valence-corrected chi connectivity index (χ4v) is 2.40. The lowest BCUT2D eigenvalue weighted by molar-refractivity contribution is 0.474. The number of hydrogen-bond acceptors (Lipinski definition) is 5. The van der Waals surface area contributed by atoms with E-state index in [1.165, 1.54) is 24.4 Å². The Kier molecular flexibility index (Phi) is 4.46. The molecule has 124 valence electrons. The molecule has 0 spiro atoms. The minimum atomic E-state index is -0.579. The van der Waals surface area contributed by atoms with Gasteiger partial charge in [-0.1, -0.05) is 11.6 Å². The third-order valence-corrected chi connectivity index (χ3v) is 3.70. The van der Waals surface area contributed by atoms with Crippen molar-refractivity contribution in [2.24, 2.45) is 12.0 Å². The van der Waals surface area contributed by atoms with E-state index in [1.807, 2.05) is 6.07 Å². The molecular formula is C17H11ClFN5O. The lowest BCUT2D eigenvalue weighted by Crippen LogP contribution is -1.99. The molecule has 0 fully saturated rings. The van der Waals surface area contributed by atoms with E-state index in [4.69, 9.17) is 11.6 Å². The number of benzene rings is 1. The van der Waals surface area contributed by atoms with Crippen LogP contribution in [0.1, 0.15) is 5.56 Å². The van der Waals surface area contributed by atoms with E-state index in [0.717, 1.165) is 6.07 Å². The van der Waals surface area contributed by atoms with Gasteiger partial charge in [-0.2, -0.15) is 10.4 Å². The van der Waals surface area contributed by atoms with Gasteiger partial charge in [0.15, 0.2) is 11.5 Å². The number of halogens is 2. The van der Waals surface area contributed by atoms with Gasteiger partial charge in [0.1, 0.15) is 17.6 Å². The van der Waals surface area contributed by atoms with Crippen molar-refractivity contribution in [1.29, 1.82) is 5.26 Å². The largest absolute Gasteiger partial charge is 0.505 e. The molecule has 8 heteroatoms. The highest BCUT2D eigenvalue weighted by Crippen LogP contribution is 2.31. The second-order valence-corrected chi connectivity index (χ2v) is 5.54. The average molecular weight is 356 g/mol. The summed E-state index contributed by atoms with van der Waals surface area (Å²) in [6.07, 6.45) is 4.70. The zero-order valence-electron chi connectivity index (χ0n) is 13.0. The molecule has 0 bridgehead atoms. The van der Waals surface area contributed by atoms with Crippen LogP contribution in [0.3, 0.4) is 0 Å². The number of rotatable bonds is 3. The molecule has 0 amide bonds. The van der Waals surface area contributed by atoms with Gasteiger partial charge in [0.25, 0.3) is 0 Å². The number of hydrogen-bond donors (Lipinski definition) is 1. The Morgan fingerprint density at radius 1 is 1.40 bits per heavy atom. The quantitative estimate of drug-likeness (QED) is 0.727. The molecule has 1 aromatic carbocycles. The van der Waals surface area contributed by atoms with Gasteiger partial charge in [-0.3, -0.25) is 9.67 Å². The lowest BCUT2D eigenvalue weighted by atomic mass is 10.1. The minimum absolute atomic E-state index is 0.0484. The summed E-state index contributed by atoms with van der Waals surface area (Å²) in [6, 6.07) is 7.25. The third-order valence-electron chi connectivity index (χ3n) is 3.41. The van der Waals surface area contributed by atoms with E-state index >= 15 is 0 Å². The van der Waals surface area contributed by atoms with Gasteiger partial charge in [0, 0.05) is 25.0 Å². The molecule has 0 aliphatic carbocycles. The fraction of sp³-hybridized carbons (Fsp3) is 0.0588. The number of aryl methyl sites for hydroxylation is 1. The van der Waals surface area contributed by atoms with Crippen LogP contribution in [0, 0.1) is 17.1 Å². The van der Waals surface area contributed by atoms with E-state index < -0.39 is 5.82 Å². The maximum atomic E-state index is 13.2. The summed E-state index contributed by atoms with van der Waals surface area (Å²) in [5.41, 5.74) is 1.33. The van der Waals surface area contributed by atoms with Crippen LogP contribution in [-0.2, 0) is 7.05 Å². The van der Waals surface area contributed by atoms with Crippen molar-refractivity contribution in [3.63, 3.8) is 0 Å². The van der Waals surface area contributed by atoms with Crippen molar-refractivity contribution in [1.82, 2.24) is 14.8 Å². The smallest absolute Gasteiger partial charge is 0.152 e. The van der Waals surface area contributed by atoms with Crippen LogP contribution in [0.4, 0.5) is 10.1 Å². The molecule has 1 N–H and O–H groups in total. The second kappa shape index (κ2) is 6.71. The molecule has 0 aliphatic rings. The summed E-state index contributed by atoms with van der Waals surface area (Å²) in [5, 5.41) is 23.9. The predicted molar refractivity (Wildman–Crippen MR) is 91.3 cm³/mol.